The third-order valence-electron chi connectivity index (χ3n) is 4.39. The molecule has 4 atom stereocenters. The fraction of sp³-hybridized carbons (Fsp3) is 0.938. The zero-order chi connectivity index (χ0) is 15.4. The third-order valence-corrected chi connectivity index (χ3v) is 4.39. The first-order valence-electron chi connectivity index (χ1n) is 8.31. The average Bonchev–Trinajstić information content (AvgIpc) is 2.85. The molecule has 0 radical (unpaired) electrons. The summed E-state index contributed by atoms with van der Waals surface area (Å²) in [4.78, 5) is 17.0. The van der Waals surface area contributed by atoms with Gasteiger partial charge in [-0.05, 0) is 40.5 Å². The Morgan fingerprint density at radius 2 is 2.00 bits per heavy atom. The van der Waals surface area contributed by atoms with Crippen LogP contribution in [0.1, 0.15) is 40.5 Å². The minimum atomic E-state index is -0.321. The molecule has 1 amide bonds. The van der Waals surface area contributed by atoms with Crippen LogP contribution in [0, 0.1) is 0 Å². The van der Waals surface area contributed by atoms with E-state index in [9.17, 15) is 4.79 Å². The van der Waals surface area contributed by atoms with Gasteiger partial charge in [0, 0.05) is 38.8 Å². The minimum Gasteiger partial charge on any atom is -0.373 e. The van der Waals surface area contributed by atoms with E-state index in [0.29, 0.717) is 12.6 Å². The summed E-state index contributed by atoms with van der Waals surface area (Å²) in [5.41, 5.74) is 0. The number of rotatable bonds is 5. The second-order valence-electron chi connectivity index (χ2n) is 6.40. The fourth-order valence-electron chi connectivity index (χ4n) is 3.60. The number of carbonyl (C=O) groups is 1. The molecule has 0 spiro atoms. The van der Waals surface area contributed by atoms with Crippen LogP contribution >= 0.6 is 0 Å². The summed E-state index contributed by atoms with van der Waals surface area (Å²) in [5.74, 6) is 0.147. The van der Waals surface area contributed by atoms with E-state index in [4.69, 9.17) is 9.47 Å². The van der Waals surface area contributed by atoms with E-state index >= 15 is 0 Å². The molecule has 0 aliphatic carbocycles. The molecule has 2 saturated heterocycles. The lowest BCUT2D eigenvalue weighted by Crippen LogP contribution is -2.52. The summed E-state index contributed by atoms with van der Waals surface area (Å²) < 4.78 is 11.2. The highest BCUT2D eigenvalue weighted by molar-refractivity contribution is 5.81. The predicted octanol–water partition coefficient (Wildman–Crippen LogP) is 1.51. The van der Waals surface area contributed by atoms with Crippen LogP contribution in [0.5, 0.6) is 0 Å². The maximum absolute atomic E-state index is 12.5. The van der Waals surface area contributed by atoms with E-state index in [2.05, 4.69) is 18.7 Å². The van der Waals surface area contributed by atoms with Gasteiger partial charge in [0.25, 0.3) is 5.91 Å². The first-order valence-corrected chi connectivity index (χ1v) is 8.31. The molecule has 21 heavy (non-hydrogen) atoms. The minimum absolute atomic E-state index is 0.147. The van der Waals surface area contributed by atoms with Gasteiger partial charge in [-0.1, -0.05) is 0 Å². The van der Waals surface area contributed by atoms with E-state index < -0.39 is 0 Å². The summed E-state index contributed by atoms with van der Waals surface area (Å²) in [7, 11) is 0. The number of amides is 1. The molecule has 2 fully saturated rings. The summed E-state index contributed by atoms with van der Waals surface area (Å²) >= 11 is 0. The number of hydrogen-bond acceptors (Lipinski definition) is 4. The van der Waals surface area contributed by atoms with Crippen molar-refractivity contribution >= 4 is 5.91 Å². The van der Waals surface area contributed by atoms with Gasteiger partial charge in [0.2, 0.25) is 0 Å². The largest absolute Gasteiger partial charge is 0.373 e. The molecule has 122 valence electrons. The lowest BCUT2D eigenvalue weighted by Gasteiger charge is -2.38. The number of nitrogens with zero attached hydrogens (tertiary/aromatic N) is 2. The standard InChI is InChI=1S/C16H30N2O3/c1-5-20-14(4)16(19)18-8-6-7-15(18)11-17-9-12(2)21-13(3)10-17/h12-15H,5-11H2,1-4H3. The first-order chi connectivity index (χ1) is 10.0. The lowest BCUT2D eigenvalue weighted by atomic mass is 10.1. The second kappa shape index (κ2) is 7.56. The van der Waals surface area contributed by atoms with Crippen LogP contribution in [0.15, 0.2) is 0 Å². The van der Waals surface area contributed by atoms with Crippen molar-refractivity contribution in [2.75, 3.05) is 32.8 Å². The van der Waals surface area contributed by atoms with Gasteiger partial charge in [-0.2, -0.15) is 0 Å². The molecule has 0 saturated carbocycles. The van der Waals surface area contributed by atoms with E-state index in [1.165, 1.54) is 0 Å². The molecule has 0 aromatic carbocycles. The number of morpholine rings is 1. The van der Waals surface area contributed by atoms with Crippen molar-refractivity contribution in [1.29, 1.82) is 0 Å². The summed E-state index contributed by atoms with van der Waals surface area (Å²) in [6, 6.07) is 0.331. The van der Waals surface area contributed by atoms with Crippen molar-refractivity contribution in [1.82, 2.24) is 9.80 Å². The maximum atomic E-state index is 12.5. The predicted molar refractivity (Wildman–Crippen MR) is 82.3 cm³/mol. The lowest BCUT2D eigenvalue weighted by molar-refractivity contribution is -0.144. The molecule has 5 heteroatoms. The van der Waals surface area contributed by atoms with Crippen molar-refractivity contribution in [2.45, 2.75) is 64.9 Å². The Hall–Kier alpha value is -0.650. The van der Waals surface area contributed by atoms with Crippen LogP contribution in [-0.2, 0) is 14.3 Å². The Morgan fingerprint density at radius 1 is 1.33 bits per heavy atom. The highest BCUT2D eigenvalue weighted by atomic mass is 16.5. The second-order valence-corrected chi connectivity index (χ2v) is 6.40. The molecule has 0 aromatic rings. The van der Waals surface area contributed by atoms with Gasteiger partial charge in [0.1, 0.15) is 6.10 Å². The zero-order valence-electron chi connectivity index (χ0n) is 13.9. The molecule has 4 unspecified atom stereocenters. The Labute approximate surface area is 128 Å². The van der Waals surface area contributed by atoms with Crippen LogP contribution in [0.3, 0.4) is 0 Å². The Bertz CT molecular complexity index is 340. The molecule has 2 aliphatic rings. The van der Waals surface area contributed by atoms with Crippen molar-refractivity contribution < 1.29 is 14.3 Å². The van der Waals surface area contributed by atoms with Gasteiger partial charge < -0.3 is 14.4 Å². The van der Waals surface area contributed by atoms with Gasteiger partial charge in [0.05, 0.1) is 12.2 Å². The Balaban J connectivity index is 1.91. The van der Waals surface area contributed by atoms with E-state index in [-0.39, 0.29) is 24.2 Å². The average molecular weight is 298 g/mol. The fourth-order valence-corrected chi connectivity index (χ4v) is 3.60. The van der Waals surface area contributed by atoms with Crippen molar-refractivity contribution in [3.05, 3.63) is 0 Å². The third kappa shape index (κ3) is 4.41. The highest BCUT2D eigenvalue weighted by Gasteiger charge is 2.34. The molecule has 0 N–H and O–H groups in total. The number of likely N-dealkylation sites (tertiary alicyclic amines) is 1. The van der Waals surface area contributed by atoms with Crippen LogP contribution in [0.4, 0.5) is 0 Å². The Kier molecular flexibility index (Phi) is 6.02. The van der Waals surface area contributed by atoms with Crippen LogP contribution in [-0.4, -0.2) is 72.8 Å². The normalized spacial score (nSPS) is 32.4. The van der Waals surface area contributed by atoms with Gasteiger partial charge in [-0.3, -0.25) is 9.69 Å². The molecule has 2 rings (SSSR count). The molecular weight excluding hydrogens is 268 g/mol. The summed E-state index contributed by atoms with van der Waals surface area (Å²) in [6.07, 6.45) is 2.44. The van der Waals surface area contributed by atoms with Crippen molar-refractivity contribution in [3.63, 3.8) is 0 Å². The van der Waals surface area contributed by atoms with Crippen molar-refractivity contribution in [3.8, 4) is 0 Å². The summed E-state index contributed by atoms with van der Waals surface area (Å²) in [6.45, 7) is 12.4. The van der Waals surface area contributed by atoms with Gasteiger partial charge in [0.15, 0.2) is 0 Å². The molecule has 2 aliphatic heterocycles. The van der Waals surface area contributed by atoms with Gasteiger partial charge in [-0.25, -0.2) is 0 Å². The van der Waals surface area contributed by atoms with Crippen LogP contribution in [0.2, 0.25) is 0 Å². The number of hydrogen-bond donors (Lipinski definition) is 0. The quantitative estimate of drug-likeness (QED) is 0.771. The van der Waals surface area contributed by atoms with Gasteiger partial charge in [-0.15, -0.1) is 0 Å². The maximum Gasteiger partial charge on any atom is 0.251 e. The highest BCUT2D eigenvalue weighted by Crippen LogP contribution is 2.21. The molecule has 5 nitrogen and oxygen atoms in total. The Morgan fingerprint density at radius 3 is 2.62 bits per heavy atom. The smallest absolute Gasteiger partial charge is 0.251 e. The first kappa shape index (κ1) is 16.7. The monoisotopic (exact) mass is 298 g/mol. The number of carbonyl (C=O) groups excluding carboxylic acids is 1. The zero-order valence-corrected chi connectivity index (χ0v) is 13.9. The SMILES string of the molecule is CCOC(C)C(=O)N1CCCC1CN1CC(C)OC(C)C1. The molecule has 0 bridgehead atoms. The molecule has 2 heterocycles. The van der Waals surface area contributed by atoms with E-state index in [1.54, 1.807) is 0 Å². The number of ether oxygens (including phenoxy) is 2. The van der Waals surface area contributed by atoms with Gasteiger partial charge >= 0.3 is 0 Å². The molecule has 0 aromatic heterocycles. The topological polar surface area (TPSA) is 42.0 Å². The van der Waals surface area contributed by atoms with E-state index in [1.807, 2.05) is 18.7 Å². The molecular formula is C16H30N2O3. The summed E-state index contributed by atoms with van der Waals surface area (Å²) in [5, 5.41) is 0. The van der Waals surface area contributed by atoms with Crippen molar-refractivity contribution in [2.24, 2.45) is 0 Å². The van der Waals surface area contributed by atoms with Crippen LogP contribution in [0.25, 0.3) is 0 Å². The van der Waals surface area contributed by atoms with Crippen LogP contribution < -0.4 is 0 Å². The van der Waals surface area contributed by atoms with E-state index in [0.717, 1.165) is 39.0 Å².